The van der Waals surface area contributed by atoms with E-state index in [9.17, 15) is 4.79 Å². The molecule has 3 unspecified atom stereocenters. The molecule has 1 N–H and O–H groups in total. The molecule has 0 bridgehead atoms. The predicted octanol–water partition coefficient (Wildman–Crippen LogP) is 2.76. The van der Waals surface area contributed by atoms with Gasteiger partial charge in [0, 0.05) is 18.1 Å². The molecule has 3 nitrogen and oxygen atoms in total. The number of nitrogens with one attached hydrogen (secondary N) is 1. The Morgan fingerprint density at radius 3 is 2.40 bits per heavy atom. The molecule has 3 heteroatoms. The van der Waals surface area contributed by atoms with Crippen molar-refractivity contribution in [1.82, 2.24) is 10.2 Å². The number of carbonyl (C=O) groups is 1. The van der Waals surface area contributed by atoms with Crippen LogP contribution < -0.4 is 5.32 Å². The van der Waals surface area contributed by atoms with Gasteiger partial charge in [-0.25, -0.2) is 4.79 Å². The molecule has 0 aromatic carbocycles. The minimum absolute atomic E-state index is 0.115. The summed E-state index contributed by atoms with van der Waals surface area (Å²) in [4.78, 5) is 14.0. The SMILES string of the molecule is CCC(C)NC(=O)N1C(C)CCCC1C. The van der Waals surface area contributed by atoms with Gasteiger partial charge in [0.2, 0.25) is 0 Å². The summed E-state index contributed by atoms with van der Waals surface area (Å²) in [5, 5.41) is 3.05. The van der Waals surface area contributed by atoms with Crippen molar-refractivity contribution in [3.8, 4) is 0 Å². The van der Waals surface area contributed by atoms with Crippen LogP contribution in [0.25, 0.3) is 0 Å². The van der Waals surface area contributed by atoms with Crippen molar-refractivity contribution in [2.45, 2.75) is 71.5 Å². The maximum absolute atomic E-state index is 12.0. The molecule has 1 aliphatic heterocycles. The molecule has 2 amide bonds. The Morgan fingerprint density at radius 2 is 1.93 bits per heavy atom. The number of rotatable bonds is 2. The Labute approximate surface area is 93.2 Å². The molecule has 0 aromatic rings. The second kappa shape index (κ2) is 5.38. The average Bonchev–Trinajstić information content (AvgIpc) is 2.17. The van der Waals surface area contributed by atoms with Crippen LogP contribution >= 0.6 is 0 Å². The van der Waals surface area contributed by atoms with Gasteiger partial charge in [0.15, 0.2) is 0 Å². The van der Waals surface area contributed by atoms with Crippen LogP contribution in [0.15, 0.2) is 0 Å². The molecule has 0 aliphatic carbocycles. The molecule has 0 radical (unpaired) electrons. The standard InChI is InChI=1S/C12H24N2O/c1-5-9(2)13-12(15)14-10(3)7-6-8-11(14)4/h9-11H,5-8H2,1-4H3,(H,13,15). The summed E-state index contributed by atoms with van der Waals surface area (Å²) < 4.78 is 0. The first-order valence-electron chi connectivity index (χ1n) is 6.15. The van der Waals surface area contributed by atoms with Crippen molar-refractivity contribution in [3.63, 3.8) is 0 Å². The molecule has 1 rings (SSSR count). The lowest BCUT2D eigenvalue weighted by Crippen LogP contribution is -2.53. The first-order chi connectivity index (χ1) is 7.06. The van der Waals surface area contributed by atoms with Gasteiger partial charge in [0.1, 0.15) is 0 Å². The van der Waals surface area contributed by atoms with Crippen molar-refractivity contribution < 1.29 is 4.79 Å². The maximum atomic E-state index is 12.0. The zero-order chi connectivity index (χ0) is 11.4. The summed E-state index contributed by atoms with van der Waals surface area (Å²) in [6.07, 6.45) is 4.51. The highest BCUT2D eigenvalue weighted by molar-refractivity contribution is 5.75. The summed E-state index contributed by atoms with van der Waals surface area (Å²) in [5.41, 5.74) is 0. The fourth-order valence-corrected chi connectivity index (χ4v) is 2.21. The topological polar surface area (TPSA) is 32.3 Å². The van der Waals surface area contributed by atoms with Crippen LogP contribution in [0.3, 0.4) is 0 Å². The molecule has 15 heavy (non-hydrogen) atoms. The number of hydrogen-bond donors (Lipinski definition) is 1. The van der Waals surface area contributed by atoms with Crippen LogP contribution in [-0.4, -0.2) is 29.1 Å². The van der Waals surface area contributed by atoms with Crippen LogP contribution in [0.5, 0.6) is 0 Å². The number of carbonyl (C=O) groups excluding carboxylic acids is 1. The van der Waals surface area contributed by atoms with Crippen molar-refractivity contribution in [1.29, 1.82) is 0 Å². The first kappa shape index (κ1) is 12.3. The minimum Gasteiger partial charge on any atom is -0.336 e. The lowest BCUT2D eigenvalue weighted by molar-refractivity contribution is 0.121. The Hall–Kier alpha value is -0.730. The molecule has 1 heterocycles. The monoisotopic (exact) mass is 212 g/mol. The van der Waals surface area contributed by atoms with Crippen LogP contribution in [0.2, 0.25) is 0 Å². The number of piperidine rings is 1. The Morgan fingerprint density at radius 1 is 1.40 bits per heavy atom. The minimum atomic E-state index is 0.115. The van der Waals surface area contributed by atoms with Crippen molar-refractivity contribution >= 4 is 6.03 Å². The number of amides is 2. The van der Waals surface area contributed by atoms with Gasteiger partial charge in [-0.2, -0.15) is 0 Å². The highest BCUT2D eigenvalue weighted by Crippen LogP contribution is 2.22. The highest BCUT2D eigenvalue weighted by Gasteiger charge is 2.29. The second-order valence-corrected chi connectivity index (χ2v) is 4.80. The van der Waals surface area contributed by atoms with E-state index in [0.29, 0.717) is 12.1 Å². The Bertz CT molecular complexity index is 208. The molecule has 0 spiro atoms. The van der Waals surface area contributed by atoms with Crippen LogP contribution in [-0.2, 0) is 0 Å². The van der Waals surface area contributed by atoms with E-state index in [0.717, 1.165) is 19.3 Å². The summed E-state index contributed by atoms with van der Waals surface area (Å²) in [6.45, 7) is 8.43. The number of urea groups is 1. The summed E-state index contributed by atoms with van der Waals surface area (Å²) in [5.74, 6) is 0. The van der Waals surface area contributed by atoms with Crippen LogP contribution in [0.1, 0.15) is 53.4 Å². The number of nitrogens with zero attached hydrogens (tertiary/aromatic N) is 1. The molecule has 0 aromatic heterocycles. The van der Waals surface area contributed by atoms with Gasteiger partial charge < -0.3 is 10.2 Å². The van der Waals surface area contributed by atoms with E-state index in [-0.39, 0.29) is 12.1 Å². The molecule has 0 saturated carbocycles. The largest absolute Gasteiger partial charge is 0.336 e. The molecule has 1 saturated heterocycles. The van der Waals surface area contributed by atoms with Gasteiger partial charge >= 0.3 is 6.03 Å². The zero-order valence-electron chi connectivity index (χ0n) is 10.4. The third-order valence-corrected chi connectivity index (χ3v) is 3.41. The predicted molar refractivity (Wildman–Crippen MR) is 62.9 cm³/mol. The van der Waals surface area contributed by atoms with Gasteiger partial charge in [-0.15, -0.1) is 0 Å². The fourth-order valence-electron chi connectivity index (χ4n) is 2.21. The van der Waals surface area contributed by atoms with E-state index in [1.54, 1.807) is 0 Å². The Balaban J connectivity index is 2.55. The second-order valence-electron chi connectivity index (χ2n) is 4.80. The molecular weight excluding hydrogens is 188 g/mol. The normalized spacial score (nSPS) is 28.7. The lowest BCUT2D eigenvalue weighted by atomic mass is 9.98. The average molecular weight is 212 g/mol. The van der Waals surface area contributed by atoms with Crippen molar-refractivity contribution in [2.75, 3.05) is 0 Å². The van der Waals surface area contributed by atoms with E-state index in [1.165, 1.54) is 6.42 Å². The smallest absolute Gasteiger partial charge is 0.318 e. The van der Waals surface area contributed by atoms with E-state index in [1.807, 2.05) is 4.90 Å². The van der Waals surface area contributed by atoms with E-state index in [2.05, 4.69) is 33.0 Å². The molecule has 88 valence electrons. The lowest BCUT2D eigenvalue weighted by Gasteiger charge is -2.39. The van der Waals surface area contributed by atoms with Gasteiger partial charge in [0.25, 0.3) is 0 Å². The van der Waals surface area contributed by atoms with Crippen molar-refractivity contribution in [3.05, 3.63) is 0 Å². The van der Waals surface area contributed by atoms with E-state index in [4.69, 9.17) is 0 Å². The Kier molecular flexibility index (Phi) is 4.43. The summed E-state index contributed by atoms with van der Waals surface area (Å²) in [7, 11) is 0. The van der Waals surface area contributed by atoms with E-state index < -0.39 is 0 Å². The van der Waals surface area contributed by atoms with Crippen LogP contribution in [0.4, 0.5) is 4.79 Å². The van der Waals surface area contributed by atoms with Crippen molar-refractivity contribution in [2.24, 2.45) is 0 Å². The third-order valence-electron chi connectivity index (χ3n) is 3.41. The maximum Gasteiger partial charge on any atom is 0.318 e. The van der Waals surface area contributed by atoms with E-state index >= 15 is 0 Å². The van der Waals surface area contributed by atoms with Gasteiger partial charge in [-0.1, -0.05) is 6.92 Å². The zero-order valence-corrected chi connectivity index (χ0v) is 10.4. The quantitative estimate of drug-likeness (QED) is 0.750. The first-order valence-corrected chi connectivity index (χ1v) is 6.15. The fraction of sp³-hybridized carbons (Fsp3) is 0.917. The third kappa shape index (κ3) is 3.11. The molecule has 3 atom stereocenters. The number of likely N-dealkylation sites (tertiary alicyclic amines) is 1. The van der Waals surface area contributed by atoms with Gasteiger partial charge in [0.05, 0.1) is 0 Å². The highest BCUT2D eigenvalue weighted by atomic mass is 16.2. The molecule has 1 aliphatic rings. The van der Waals surface area contributed by atoms with Crippen LogP contribution in [0, 0.1) is 0 Å². The summed E-state index contributed by atoms with van der Waals surface area (Å²) in [6, 6.07) is 1.17. The van der Waals surface area contributed by atoms with Gasteiger partial charge in [-0.3, -0.25) is 0 Å². The molecular formula is C12H24N2O. The molecule has 1 fully saturated rings. The summed E-state index contributed by atoms with van der Waals surface area (Å²) >= 11 is 0. The van der Waals surface area contributed by atoms with Gasteiger partial charge in [-0.05, 0) is 46.5 Å². The number of hydrogen-bond acceptors (Lipinski definition) is 1.